The number of nitrogens with one attached hydrogen (secondary N) is 2. The van der Waals surface area contributed by atoms with Crippen molar-refractivity contribution in [2.45, 2.75) is 20.5 Å². The molecular weight excluding hydrogens is 342 g/mol. The van der Waals surface area contributed by atoms with Gasteiger partial charge in [0.1, 0.15) is 12.4 Å². The van der Waals surface area contributed by atoms with E-state index in [1.165, 1.54) is 17.2 Å². The second kappa shape index (κ2) is 6.99. The number of hydrogen-bond acceptors (Lipinski definition) is 5. The number of H-pyrrole nitrogens is 1. The van der Waals surface area contributed by atoms with Crippen LogP contribution < -0.4 is 15.6 Å². The molecule has 0 amide bonds. The fourth-order valence-electron chi connectivity index (χ4n) is 2.78. The molecule has 27 heavy (non-hydrogen) atoms. The topological polar surface area (TPSA) is 80.1 Å². The molecule has 0 aliphatic rings. The van der Waals surface area contributed by atoms with Crippen LogP contribution in [0.15, 0.2) is 63.9 Å². The number of fused-ring (bicyclic) bond motifs is 1. The number of rotatable bonds is 5. The molecule has 0 saturated carbocycles. The number of benzene rings is 2. The maximum absolute atomic E-state index is 11.3. The number of ether oxygens (including phenoxy) is 1. The van der Waals surface area contributed by atoms with Gasteiger partial charge in [-0.1, -0.05) is 11.2 Å². The molecule has 0 aliphatic carbocycles. The van der Waals surface area contributed by atoms with E-state index in [1.807, 2.05) is 30.3 Å². The number of pyridine rings is 1. The molecule has 0 aliphatic heterocycles. The molecule has 6 heteroatoms. The van der Waals surface area contributed by atoms with E-state index in [1.54, 1.807) is 6.07 Å². The van der Waals surface area contributed by atoms with Gasteiger partial charge in [-0.3, -0.25) is 4.79 Å². The van der Waals surface area contributed by atoms with Crippen molar-refractivity contribution in [3.8, 4) is 5.75 Å². The van der Waals surface area contributed by atoms with Gasteiger partial charge in [0.05, 0.1) is 0 Å². The smallest absolute Gasteiger partial charge is 0.248 e. The average Bonchev–Trinajstić information content (AvgIpc) is 3.10. The Hall–Kier alpha value is -3.54. The van der Waals surface area contributed by atoms with Crippen molar-refractivity contribution in [1.29, 1.82) is 0 Å². The van der Waals surface area contributed by atoms with E-state index in [0.29, 0.717) is 17.3 Å². The molecular formula is C21H19N3O3. The van der Waals surface area contributed by atoms with Crippen LogP contribution in [0.25, 0.3) is 10.9 Å². The maximum atomic E-state index is 11.3. The number of aromatic amines is 1. The molecule has 4 aromatic rings. The van der Waals surface area contributed by atoms with Crippen LogP contribution in [0.3, 0.4) is 0 Å². The van der Waals surface area contributed by atoms with Crippen molar-refractivity contribution >= 4 is 22.4 Å². The van der Waals surface area contributed by atoms with Crippen molar-refractivity contribution in [3.63, 3.8) is 0 Å². The van der Waals surface area contributed by atoms with Crippen LogP contribution in [-0.4, -0.2) is 10.1 Å². The number of aromatic nitrogens is 2. The van der Waals surface area contributed by atoms with E-state index < -0.39 is 0 Å². The van der Waals surface area contributed by atoms with E-state index in [2.05, 4.69) is 41.4 Å². The van der Waals surface area contributed by atoms with Crippen molar-refractivity contribution in [3.05, 3.63) is 81.8 Å². The van der Waals surface area contributed by atoms with Gasteiger partial charge in [-0.15, -0.1) is 0 Å². The molecule has 2 aromatic heterocycles. The van der Waals surface area contributed by atoms with E-state index in [0.717, 1.165) is 16.6 Å². The summed E-state index contributed by atoms with van der Waals surface area (Å²) >= 11 is 0. The summed E-state index contributed by atoms with van der Waals surface area (Å²) < 4.78 is 11.1. The zero-order valence-electron chi connectivity index (χ0n) is 15.1. The number of nitrogens with zero attached hydrogens (tertiary/aromatic N) is 1. The Morgan fingerprint density at radius 1 is 1.04 bits per heavy atom. The quantitative estimate of drug-likeness (QED) is 0.549. The molecule has 2 heterocycles. The normalized spacial score (nSPS) is 10.9. The second-order valence-electron chi connectivity index (χ2n) is 6.46. The molecule has 0 unspecified atom stereocenters. The molecule has 6 nitrogen and oxygen atoms in total. The summed E-state index contributed by atoms with van der Waals surface area (Å²) in [4.78, 5) is 14.1. The Morgan fingerprint density at radius 2 is 1.93 bits per heavy atom. The summed E-state index contributed by atoms with van der Waals surface area (Å²) in [7, 11) is 0. The van der Waals surface area contributed by atoms with Gasteiger partial charge in [0.25, 0.3) is 0 Å². The molecule has 2 aromatic carbocycles. The lowest BCUT2D eigenvalue weighted by Gasteiger charge is -2.05. The van der Waals surface area contributed by atoms with Gasteiger partial charge in [0, 0.05) is 28.7 Å². The number of hydrogen-bond donors (Lipinski definition) is 2. The highest BCUT2D eigenvalue weighted by Crippen LogP contribution is 2.22. The Bertz CT molecular complexity index is 1160. The van der Waals surface area contributed by atoms with Gasteiger partial charge in [-0.2, -0.15) is 0 Å². The second-order valence-corrected chi connectivity index (χ2v) is 6.46. The molecule has 0 spiro atoms. The maximum Gasteiger partial charge on any atom is 0.248 e. The van der Waals surface area contributed by atoms with E-state index in [9.17, 15) is 4.79 Å². The van der Waals surface area contributed by atoms with Crippen LogP contribution in [0, 0.1) is 13.8 Å². The predicted octanol–water partition coefficient (Wildman–Crippen LogP) is 4.46. The minimum absolute atomic E-state index is 0.123. The van der Waals surface area contributed by atoms with E-state index >= 15 is 0 Å². The Morgan fingerprint density at radius 3 is 2.78 bits per heavy atom. The third kappa shape index (κ3) is 3.84. The highest BCUT2D eigenvalue weighted by molar-refractivity contribution is 5.79. The molecule has 0 fully saturated rings. The monoisotopic (exact) mass is 361 g/mol. The summed E-state index contributed by atoms with van der Waals surface area (Å²) in [6, 6.07) is 16.7. The van der Waals surface area contributed by atoms with Gasteiger partial charge in [-0.05, 0) is 61.4 Å². The first-order valence-electron chi connectivity index (χ1n) is 8.62. The third-order valence-electron chi connectivity index (χ3n) is 4.41. The molecule has 0 bridgehead atoms. The Kier molecular flexibility index (Phi) is 4.38. The van der Waals surface area contributed by atoms with Gasteiger partial charge in [0.2, 0.25) is 5.56 Å². The molecule has 0 saturated heterocycles. The molecule has 2 N–H and O–H groups in total. The fraction of sp³-hybridized carbons (Fsp3) is 0.143. The van der Waals surface area contributed by atoms with Gasteiger partial charge < -0.3 is 19.6 Å². The lowest BCUT2D eigenvalue weighted by molar-refractivity contribution is 0.250. The van der Waals surface area contributed by atoms with Crippen molar-refractivity contribution in [1.82, 2.24) is 10.1 Å². The van der Waals surface area contributed by atoms with Crippen molar-refractivity contribution < 1.29 is 9.26 Å². The lowest BCUT2D eigenvalue weighted by atomic mass is 10.1. The van der Waals surface area contributed by atoms with Crippen LogP contribution >= 0.6 is 0 Å². The van der Waals surface area contributed by atoms with Crippen LogP contribution in [0.2, 0.25) is 0 Å². The fourth-order valence-corrected chi connectivity index (χ4v) is 2.78. The first-order valence-corrected chi connectivity index (χ1v) is 8.62. The summed E-state index contributed by atoms with van der Waals surface area (Å²) in [5, 5.41) is 8.16. The number of aryl methyl sites for hydroxylation is 2. The van der Waals surface area contributed by atoms with E-state index in [4.69, 9.17) is 9.26 Å². The minimum atomic E-state index is -0.123. The third-order valence-corrected chi connectivity index (χ3v) is 4.41. The first-order chi connectivity index (χ1) is 13.1. The van der Waals surface area contributed by atoms with Crippen LogP contribution in [0.4, 0.5) is 11.5 Å². The molecule has 0 atom stereocenters. The molecule has 4 rings (SSSR count). The summed E-state index contributed by atoms with van der Waals surface area (Å²) in [5.41, 5.74) is 4.07. The summed E-state index contributed by atoms with van der Waals surface area (Å²) in [6.45, 7) is 4.41. The first kappa shape index (κ1) is 16.9. The van der Waals surface area contributed by atoms with Gasteiger partial charge in [-0.25, -0.2) is 0 Å². The average molecular weight is 361 g/mol. The standard InChI is InChI=1S/C21H19N3O3/c1-13-3-5-16(9-14(13)2)22-20-11-18(27-24-20)12-26-17-6-7-19-15(10-17)4-8-21(25)23-19/h3-11H,12H2,1-2H3,(H,22,24)(H,23,25). The molecule has 136 valence electrons. The lowest BCUT2D eigenvalue weighted by Crippen LogP contribution is -2.02. The summed E-state index contributed by atoms with van der Waals surface area (Å²) in [6.07, 6.45) is 0. The zero-order valence-corrected chi connectivity index (χ0v) is 15.1. The van der Waals surface area contributed by atoms with E-state index in [-0.39, 0.29) is 12.2 Å². The van der Waals surface area contributed by atoms with Gasteiger partial charge in [0.15, 0.2) is 11.6 Å². The SMILES string of the molecule is Cc1ccc(Nc2cc(COc3ccc4[nH]c(=O)ccc4c3)on2)cc1C. The Labute approximate surface area is 155 Å². The highest BCUT2D eigenvalue weighted by atomic mass is 16.5. The van der Waals surface area contributed by atoms with Crippen molar-refractivity contribution in [2.75, 3.05) is 5.32 Å². The number of anilines is 2. The predicted molar refractivity (Wildman–Crippen MR) is 105 cm³/mol. The van der Waals surface area contributed by atoms with Crippen LogP contribution in [0.5, 0.6) is 5.75 Å². The highest BCUT2D eigenvalue weighted by Gasteiger charge is 2.07. The van der Waals surface area contributed by atoms with Crippen LogP contribution in [-0.2, 0) is 6.61 Å². The minimum Gasteiger partial charge on any atom is -0.486 e. The zero-order chi connectivity index (χ0) is 18.8. The Balaban J connectivity index is 1.42. The van der Waals surface area contributed by atoms with Gasteiger partial charge >= 0.3 is 0 Å². The summed E-state index contributed by atoms with van der Waals surface area (Å²) in [5.74, 6) is 1.94. The van der Waals surface area contributed by atoms with Crippen molar-refractivity contribution in [2.24, 2.45) is 0 Å². The van der Waals surface area contributed by atoms with Crippen LogP contribution in [0.1, 0.15) is 16.9 Å². The largest absolute Gasteiger partial charge is 0.486 e. The molecule has 0 radical (unpaired) electrons.